The number of rotatable bonds is 5. The maximum Gasteiger partial charge on any atom is 0.264 e. The van der Waals surface area contributed by atoms with Crippen molar-refractivity contribution >= 4 is 52.6 Å². The Balaban J connectivity index is 1.31. The van der Waals surface area contributed by atoms with E-state index in [9.17, 15) is 9.59 Å². The summed E-state index contributed by atoms with van der Waals surface area (Å²) in [6.07, 6.45) is 1.84. The third-order valence-corrected chi connectivity index (χ3v) is 8.40. The summed E-state index contributed by atoms with van der Waals surface area (Å²) in [5, 5.41) is 0.710. The van der Waals surface area contributed by atoms with Crippen molar-refractivity contribution in [3.63, 3.8) is 0 Å². The Hall–Kier alpha value is -3.62. The summed E-state index contributed by atoms with van der Waals surface area (Å²) in [6, 6.07) is 17.0. The highest BCUT2D eigenvalue weighted by atomic mass is 35.5. The summed E-state index contributed by atoms with van der Waals surface area (Å²) >= 11 is 7.61. The van der Waals surface area contributed by atoms with E-state index in [-0.39, 0.29) is 11.8 Å². The summed E-state index contributed by atoms with van der Waals surface area (Å²) in [6.45, 7) is 4.76. The van der Waals surface area contributed by atoms with Gasteiger partial charge in [-0.15, -0.1) is 0 Å². The minimum atomic E-state index is -0.127. The molecular formula is C30H30ClN3O4S. The number of aryl methyl sites for hydroxylation is 1. The molecule has 2 heterocycles. The van der Waals surface area contributed by atoms with E-state index in [0.29, 0.717) is 40.1 Å². The van der Waals surface area contributed by atoms with Gasteiger partial charge in [-0.1, -0.05) is 35.5 Å². The van der Waals surface area contributed by atoms with Crippen LogP contribution < -0.4 is 19.3 Å². The van der Waals surface area contributed by atoms with Crippen LogP contribution >= 0.6 is 23.4 Å². The molecule has 2 aliphatic rings. The van der Waals surface area contributed by atoms with E-state index in [4.69, 9.17) is 21.1 Å². The van der Waals surface area contributed by atoms with Crippen molar-refractivity contribution in [2.75, 3.05) is 57.2 Å². The number of benzene rings is 3. The van der Waals surface area contributed by atoms with Crippen LogP contribution in [0.2, 0.25) is 5.02 Å². The zero-order valence-corrected chi connectivity index (χ0v) is 23.9. The van der Waals surface area contributed by atoms with Crippen molar-refractivity contribution in [1.29, 1.82) is 0 Å². The van der Waals surface area contributed by atoms with Gasteiger partial charge < -0.3 is 24.2 Å². The van der Waals surface area contributed by atoms with E-state index >= 15 is 0 Å². The van der Waals surface area contributed by atoms with Gasteiger partial charge in [0.15, 0.2) is 11.5 Å². The van der Waals surface area contributed by atoms with Crippen LogP contribution in [-0.2, 0) is 4.79 Å². The molecule has 0 saturated carbocycles. The molecule has 3 aromatic carbocycles. The van der Waals surface area contributed by atoms with E-state index in [1.165, 1.54) is 17.3 Å². The molecule has 0 spiro atoms. The van der Waals surface area contributed by atoms with E-state index in [0.717, 1.165) is 34.9 Å². The molecule has 2 amide bonds. The van der Waals surface area contributed by atoms with Crippen LogP contribution in [0.15, 0.2) is 64.4 Å². The number of hydrogen-bond donors (Lipinski definition) is 0. The first-order valence-electron chi connectivity index (χ1n) is 12.6. The van der Waals surface area contributed by atoms with Gasteiger partial charge in [-0.25, -0.2) is 0 Å². The summed E-state index contributed by atoms with van der Waals surface area (Å²) in [5.41, 5.74) is 4.41. The fraction of sp³-hybridized carbons (Fsp3) is 0.267. The Bertz CT molecular complexity index is 1470. The molecule has 0 aliphatic carbocycles. The lowest BCUT2D eigenvalue weighted by molar-refractivity contribution is -0.114. The SMILES string of the molecule is COc1ccc(C=C2Sc3ccc(C(=O)N4CCN(c5cc(Cl)ccc5C)CC4)cc3N(C)C2=O)cc1OC. The normalized spacial score (nSPS) is 16.4. The first kappa shape index (κ1) is 27.0. The summed E-state index contributed by atoms with van der Waals surface area (Å²) in [4.78, 5) is 33.9. The second-order valence-electron chi connectivity index (χ2n) is 9.48. The van der Waals surface area contributed by atoms with Gasteiger partial charge in [0.1, 0.15) is 0 Å². The van der Waals surface area contributed by atoms with Gasteiger partial charge in [0.25, 0.3) is 11.8 Å². The number of nitrogens with zero attached hydrogens (tertiary/aromatic N) is 3. The van der Waals surface area contributed by atoms with E-state index in [1.54, 1.807) is 26.2 Å². The molecule has 2 aliphatic heterocycles. The number of piperazine rings is 1. The number of halogens is 1. The van der Waals surface area contributed by atoms with Crippen LogP contribution in [0.1, 0.15) is 21.5 Å². The zero-order valence-electron chi connectivity index (χ0n) is 22.4. The number of anilines is 2. The number of hydrogen-bond acceptors (Lipinski definition) is 6. The summed E-state index contributed by atoms with van der Waals surface area (Å²) in [5.74, 6) is 1.07. The molecule has 39 heavy (non-hydrogen) atoms. The molecule has 0 aromatic heterocycles. The number of fused-ring (bicyclic) bond motifs is 1. The number of thioether (sulfide) groups is 1. The molecule has 0 bridgehead atoms. The van der Waals surface area contributed by atoms with Crippen molar-refractivity contribution < 1.29 is 19.1 Å². The minimum Gasteiger partial charge on any atom is -0.493 e. The smallest absolute Gasteiger partial charge is 0.264 e. The Labute approximate surface area is 237 Å². The fourth-order valence-electron chi connectivity index (χ4n) is 4.88. The van der Waals surface area contributed by atoms with Gasteiger partial charge in [0, 0.05) is 54.4 Å². The molecule has 0 unspecified atom stereocenters. The van der Waals surface area contributed by atoms with Crippen molar-refractivity contribution in [3.05, 3.63) is 81.2 Å². The Kier molecular flexibility index (Phi) is 7.77. The van der Waals surface area contributed by atoms with Gasteiger partial charge >= 0.3 is 0 Å². The van der Waals surface area contributed by atoms with Crippen LogP contribution in [0.5, 0.6) is 11.5 Å². The molecule has 202 valence electrons. The average Bonchev–Trinajstić information content (AvgIpc) is 2.96. The lowest BCUT2D eigenvalue weighted by Gasteiger charge is -2.37. The van der Waals surface area contributed by atoms with E-state index in [2.05, 4.69) is 11.8 Å². The highest BCUT2D eigenvalue weighted by Crippen LogP contribution is 2.42. The van der Waals surface area contributed by atoms with Crippen LogP contribution in [0.3, 0.4) is 0 Å². The zero-order chi connectivity index (χ0) is 27.7. The van der Waals surface area contributed by atoms with Gasteiger partial charge in [0.05, 0.1) is 24.8 Å². The number of ether oxygens (including phenoxy) is 2. The Morgan fingerprint density at radius 2 is 1.67 bits per heavy atom. The highest BCUT2D eigenvalue weighted by Gasteiger charge is 2.29. The number of methoxy groups -OCH3 is 2. The predicted molar refractivity (Wildman–Crippen MR) is 158 cm³/mol. The third-order valence-electron chi connectivity index (χ3n) is 7.09. The quantitative estimate of drug-likeness (QED) is 0.369. The summed E-state index contributed by atoms with van der Waals surface area (Å²) in [7, 11) is 4.91. The predicted octanol–water partition coefficient (Wildman–Crippen LogP) is 5.74. The monoisotopic (exact) mass is 563 g/mol. The average molecular weight is 564 g/mol. The largest absolute Gasteiger partial charge is 0.493 e. The van der Waals surface area contributed by atoms with E-state index in [1.807, 2.05) is 65.6 Å². The number of carbonyl (C=O) groups excluding carboxylic acids is 2. The van der Waals surface area contributed by atoms with Crippen LogP contribution in [-0.4, -0.2) is 64.2 Å². The highest BCUT2D eigenvalue weighted by molar-refractivity contribution is 8.04. The molecule has 0 radical (unpaired) electrons. The minimum absolute atomic E-state index is 0.0298. The maximum atomic E-state index is 13.4. The summed E-state index contributed by atoms with van der Waals surface area (Å²) < 4.78 is 10.7. The van der Waals surface area contributed by atoms with Crippen molar-refractivity contribution in [2.24, 2.45) is 0 Å². The van der Waals surface area contributed by atoms with E-state index < -0.39 is 0 Å². The first-order valence-corrected chi connectivity index (χ1v) is 13.8. The van der Waals surface area contributed by atoms with Crippen molar-refractivity contribution in [3.8, 4) is 11.5 Å². The Morgan fingerprint density at radius 1 is 0.923 bits per heavy atom. The number of amides is 2. The van der Waals surface area contributed by atoms with Crippen molar-refractivity contribution in [2.45, 2.75) is 11.8 Å². The molecule has 3 aromatic rings. The van der Waals surface area contributed by atoms with Crippen LogP contribution in [0.4, 0.5) is 11.4 Å². The van der Waals surface area contributed by atoms with Gasteiger partial charge in [0.2, 0.25) is 0 Å². The Morgan fingerprint density at radius 3 is 2.38 bits per heavy atom. The molecule has 1 fully saturated rings. The standard InChI is InChI=1S/C30H30ClN3O4S/c1-19-5-8-22(31)18-23(19)33-11-13-34(14-12-33)29(35)21-7-10-27-24(17-21)32(2)30(36)28(39-27)16-20-6-9-25(37-3)26(15-20)38-4/h5-10,15-18H,11-14H2,1-4H3. The maximum absolute atomic E-state index is 13.4. The van der Waals surface area contributed by atoms with Crippen LogP contribution in [0.25, 0.3) is 6.08 Å². The van der Waals surface area contributed by atoms with Crippen molar-refractivity contribution in [1.82, 2.24) is 4.90 Å². The van der Waals surface area contributed by atoms with Gasteiger partial charge in [-0.3, -0.25) is 9.59 Å². The molecule has 0 N–H and O–H groups in total. The molecule has 1 saturated heterocycles. The number of carbonyl (C=O) groups is 2. The second-order valence-corrected chi connectivity index (χ2v) is 11.0. The van der Waals surface area contributed by atoms with Gasteiger partial charge in [-0.2, -0.15) is 0 Å². The third kappa shape index (κ3) is 5.44. The van der Waals surface area contributed by atoms with Crippen LogP contribution in [0, 0.1) is 6.92 Å². The molecule has 7 nitrogen and oxygen atoms in total. The topological polar surface area (TPSA) is 62.3 Å². The fourth-order valence-corrected chi connectivity index (χ4v) is 6.14. The molecular weight excluding hydrogens is 534 g/mol. The molecule has 0 atom stereocenters. The lowest BCUT2D eigenvalue weighted by Crippen LogP contribution is -2.49. The van der Waals surface area contributed by atoms with Gasteiger partial charge in [-0.05, 0) is 66.6 Å². The molecule has 9 heteroatoms. The molecule has 5 rings (SSSR count). The first-order chi connectivity index (χ1) is 18.8. The second kappa shape index (κ2) is 11.2. The number of likely N-dealkylation sites (N-methyl/N-ethyl adjacent to an activating group) is 1. The lowest BCUT2D eigenvalue weighted by atomic mass is 10.1.